The summed E-state index contributed by atoms with van der Waals surface area (Å²) in [5.74, 6) is 0. The van der Waals surface area contributed by atoms with Gasteiger partial charge in [-0.1, -0.05) is 0 Å². The molecule has 0 unspecified atom stereocenters. The maximum Gasteiger partial charge on any atom is 0.426 e. The van der Waals surface area contributed by atoms with Gasteiger partial charge in [-0.15, -0.1) is 0 Å². The van der Waals surface area contributed by atoms with Gasteiger partial charge in [0.05, 0.1) is 0 Å². The SMILES string of the molecule is O=S(=O)(O)OOF. The van der Waals surface area contributed by atoms with Crippen molar-refractivity contribution in [2.24, 2.45) is 0 Å². The molecule has 7 heteroatoms. The minimum absolute atomic E-state index is 2.07. The van der Waals surface area contributed by atoms with Crippen molar-refractivity contribution < 1.29 is 26.9 Å². The Morgan fingerprint density at radius 2 is 2.00 bits per heavy atom. The smallest absolute Gasteiger partial charge is 0.262 e. The van der Waals surface area contributed by atoms with Crippen LogP contribution in [0.3, 0.4) is 0 Å². The fourth-order valence-electron chi connectivity index (χ4n) is 0.0325. The lowest BCUT2D eigenvalue weighted by Gasteiger charge is -1.82. The van der Waals surface area contributed by atoms with Gasteiger partial charge >= 0.3 is 10.4 Å². The van der Waals surface area contributed by atoms with Crippen molar-refractivity contribution in [2.45, 2.75) is 0 Å². The Morgan fingerprint density at radius 3 is 2.00 bits per heavy atom. The zero-order chi connectivity index (χ0) is 5.91. The Kier molecular flexibility index (Phi) is 2.09. The van der Waals surface area contributed by atoms with Crippen LogP contribution >= 0.6 is 0 Å². The standard InChI is InChI=1S/FHO5S/c1-5-6-7(2,3)4/h(H,2,3,4). The average Bonchev–Trinajstić information content (AvgIpc) is 1.30. The highest BCUT2D eigenvalue weighted by molar-refractivity contribution is 7.80. The van der Waals surface area contributed by atoms with Crippen LogP contribution in [0.1, 0.15) is 0 Å². The summed E-state index contributed by atoms with van der Waals surface area (Å²) in [6.45, 7) is 0. The molecule has 0 aliphatic rings. The minimum atomic E-state index is -4.77. The van der Waals surface area contributed by atoms with Gasteiger partial charge in [0.25, 0.3) is 0 Å². The third-order valence-corrected chi connectivity index (χ3v) is 0.335. The van der Waals surface area contributed by atoms with Crippen LogP contribution in [0.5, 0.6) is 0 Å². The summed E-state index contributed by atoms with van der Waals surface area (Å²) in [7, 11) is -4.77. The molecule has 0 saturated heterocycles. The summed E-state index contributed by atoms with van der Waals surface area (Å²) in [6, 6.07) is 0. The van der Waals surface area contributed by atoms with Gasteiger partial charge in [0.15, 0.2) is 0 Å². The van der Waals surface area contributed by atoms with Crippen LogP contribution in [0.4, 0.5) is 4.53 Å². The molecular weight excluding hydrogens is 131 g/mol. The lowest BCUT2D eigenvalue weighted by atomic mass is 14.8. The second-order valence-electron chi connectivity index (χ2n) is 0.559. The molecule has 0 aromatic carbocycles. The van der Waals surface area contributed by atoms with Crippen molar-refractivity contribution in [1.82, 2.24) is 0 Å². The van der Waals surface area contributed by atoms with Crippen molar-refractivity contribution in [3.05, 3.63) is 0 Å². The Labute approximate surface area is 38.4 Å². The molecule has 5 nitrogen and oxygen atoms in total. The average molecular weight is 132 g/mol. The van der Waals surface area contributed by atoms with Gasteiger partial charge in [-0.05, 0) is 14.0 Å². The van der Waals surface area contributed by atoms with Crippen molar-refractivity contribution in [2.75, 3.05) is 0 Å². The molecule has 0 spiro atoms. The maximum absolute atomic E-state index is 10.2. The summed E-state index contributed by atoms with van der Waals surface area (Å²) >= 11 is 0. The van der Waals surface area contributed by atoms with Crippen molar-refractivity contribution in [3.63, 3.8) is 0 Å². The van der Waals surface area contributed by atoms with E-state index in [2.05, 4.69) is 9.43 Å². The zero-order valence-corrected chi connectivity index (χ0v) is 3.68. The Balaban J connectivity index is 3.60. The van der Waals surface area contributed by atoms with Gasteiger partial charge in [-0.3, -0.25) is 4.55 Å². The first kappa shape index (κ1) is 6.76. The highest BCUT2D eigenvalue weighted by Crippen LogP contribution is 1.85. The van der Waals surface area contributed by atoms with Gasteiger partial charge in [0, 0.05) is 0 Å². The van der Waals surface area contributed by atoms with Crippen LogP contribution in [0.25, 0.3) is 0 Å². The fraction of sp³-hybridized carbons (Fsp3) is 0. The third-order valence-electron chi connectivity index (χ3n) is 0.112. The molecule has 0 bridgehead atoms. The molecule has 0 aromatic rings. The molecule has 0 heterocycles. The largest absolute Gasteiger partial charge is 0.426 e. The van der Waals surface area contributed by atoms with Crippen LogP contribution in [0.2, 0.25) is 0 Å². The highest BCUT2D eigenvalue weighted by atomic mass is 32.3. The van der Waals surface area contributed by atoms with Crippen molar-refractivity contribution in [1.29, 1.82) is 0 Å². The van der Waals surface area contributed by atoms with E-state index in [4.69, 9.17) is 4.55 Å². The van der Waals surface area contributed by atoms with Crippen molar-refractivity contribution >= 4 is 10.4 Å². The topological polar surface area (TPSA) is 72.8 Å². The predicted octanol–water partition coefficient (Wildman–Crippen LogP) is -0.378. The summed E-state index contributed by atoms with van der Waals surface area (Å²) in [5.41, 5.74) is 0. The molecule has 0 radical (unpaired) electrons. The van der Waals surface area contributed by atoms with Crippen LogP contribution in [-0.4, -0.2) is 13.0 Å². The second-order valence-corrected chi connectivity index (χ2v) is 1.55. The Hall–Kier alpha value is -0.240. The van der Waals surface area contributed by atoms with Gasteiger partial charge < -0.3 is 0 Å². The lowest BCUT2D eigenvalue weighted by molar-refractivity contribution is -0.368. The van der Waals surface area contributed by atoms with Crippen molar-refractivity contribution in [3.8, 4) is 0 Å². The molecule has 0 saturated carbocycles. The van der Waals surface area contributed by atoms with E-state index >= 15 is 0 Å². The zero-order valence-electron chi connectivity index (χ0n) is 2.87. The molecule has 0 aromatic heterocycles. The molecule has 0 rings (SSSR count). The highest BCUT2D eigenvalue weighted by Gasteiger charge is 2.03. The Bertz CT molecular complexity index is 121. The number of hydrogen-bond acceptors (Lipinski definition) is 4. The minimum Gasteiger partial charge on any atom is -0.262 e. The Morgan fingerprint density at radius 1 is 1.57 bits per heavy atom. The van der Waals surface area contributed by atoms with E-state index in [0.717, 1.165) is 0 Å². The summed E-state index contributed by atoms with van der Waals surface area (Å²) in [5, 5.41) is 2.07. The molecular formula is HFO5S. The van der Waals surface area contributed by atoms with Gasteiger partial charge in [-0.2, -0.15) is 8.42 Å². The summed E-state index contributed by atoms with van der Waals surface area (Å²) < 4.78 is 38.6. The quantitative estimate of drug-likeness (QED) is 0.315. The van der Waals surface area contributed by atoms with Gasteiger partial charge in [0.1, 0.15) is 0 Å². The normalized spacial score (nSPS) is 11.7. The number of rotatable bonds is 2. The number of halogens is 1. The first-order valence-corrected chi connectivity index (χ1v) is 2.37. The van der Waals surface area contributed by atoms with Gasteiger partial charge in [-0.25, -0.2) is 0 Å². The fourth-order valence-corrected chi connectivity index (χ4v) is 0.0975. The van der Waals surface area contributed by atoms with E-state index in [-0.39, 0.29) is 0 Å². The van der Waals surface area contributed by atoms with Crippen LogP contribution in [-0.2, 0) is 19.8 Å². The van der Waals surface area contributed by atoms with Crippen LogP contribution in [0.15, 0.2) is 0 Å². The second kappa shape index (κ2) is 2.17. The van der Waals surface area contributed by atoms with E-state index in [1.165, 1.54) is 0 Å². The molecule has 0 amide bonds. The molecule has 0 atom stereocenters. The lowest BCUT2D eigenvalue weighted by Crippen LogP contribution is -1.99. The molecule has 7 heavy (non-hydrogen) atoms. The molecule has 44 valence electrons. The predicted molar refractivity (Wildman–Crippen MR) is 14.8 cm³/mol. The number of hydrogen-bond donors (Lipinski definition) is 1. The first-order valence-electron chi connectivity index (χ1n) is 1.00. The summed E-state index contributed by atoms with van der Waals surface area (Å²) in [6.07, 6.45) is 0. The van der Waals surface area contributed by atoms with E-state index in [1.54, 1.807) is 0 Å². The van der Waals surface area contributed by atoms with Gasteiger partial charge in [0.2, 0.25) is 0 Å². The molecule has 0 aliphatic carbocycles. The maximum atomic E-state index is 10.2. The molecule has 0 aliphatic heterocycles. The van der Waals surface area contributed by atoms with E-state index in [0.29, 0.717) is 0 Å². The van der Waals surface area contributed by atoms with E-state index in [9.17, 15) is 12.9 Å². The van der Waals surface area contributed by atoms with E-state index in [1.807, 2.05) is 0 Å². The summed E-state index contributed by atoms with van der Waals surface area (Å²) in [4.78, 5) is 0. The van der Waals surface area contributed by atoms with Crippen LogP contribution in [0, 0.1) is 0 Å². The third kappa shape index (κ3) is 5.76. The molecule has 1 N–H and O–H groups in total. The first-order chi connectivity index (χ1) is 3.06. The monoisotopic (exact) mass is 132 g/mol. The van der Waals surface area contributed by atoms with Crippen LogP contribution < -0.4 is 0 Å². The molecule has 0 fully saturated rings. The van der Waals surface area contributed by atoms with E-state index < -0.39 is 10.4 Å².